The van der Waals surface area contributed by atoms with E-state index in [-0.39, 0.29) is 10.8 Å². The lowest BCUT2D eigenvalue weighted by atomic mass is 10.1. The summed E-state index contributed by atoms with van der Waals surface area (Å²) in [6.07, 6.45) is 4.65. The molecule has 1 amide bonds. The van der Waals surface area contributed by atoms with Gasteiger partial charge in [-0.1, -0.05) is 26.3 Å². The molecule has 1 aromatic rings. The zero-order valence-electron chi connectivity index (χ0n) is 15.6. The van der Waals surface area contributed by atoms with Gasteiger partial charge in [0, 0.05) is 31.7 Å². The third-order valence-electron chi connectivity index (χ3n) is 4.67. The first-order valence-electron chi connectivity index (χ1n) is 9.31. The van der Waals surface area contributed by atoms with Crippen LogP contribution in [0.25, 0.3) is 0 Å². The van der Waals surface area contributed by atoms with Crippen molar-refractivity contribution in [1.29, 1.82) is 0 Å². The van der Waals surface area contributed by atoms with Crippen molar-refractivity contribution >= 4 is 15.9 Å². The van der Waals surface area contributed by atoms with Crippen molar-refractivity contribution in [2.24, 2.45) is 0 Å². The first-order valence-corrected chi connectivity index (χ1v) is 10.8. The third kappa shape index (κ3) is 4.61. The first-order chi connectivity index (χ1) is 11.9. The standard InChI is InChI=1S/C19H30N2O3S/c1-4-11-20(12-5-2)19(22)18-15-17(10-9-16(18)3)25(23,24)21-13-7-6-8-14-21/h9-10,15H,4-8,11-14H2,1-3H3. The van der Waals surface area contributed by atoms with Crippen LogP contribution in [0.3, 0.4) is 0 Å². The second-order valence-electron chi connectivity index (χ2n) is 6.73. The number of nitrogens with zero attached hydrogens (tertiary/aromatic N) is 2. The van der Waals surface area contributed by atoms with Gasteiger partial charge in [0.15, 0.2) is 0 Å². The van der Waals surface area contributed by atoms with Gasteiger partial charge in [-0.3, -0.25) is 4.79 Å². The molecule has 0 saturated carbocycles. The Balaban J connectivity index is 2.34. The van der Waals surface area contributed by atoms with E-state index in [9.17, 15) is 13.2 Å². The molecule has 1 aromatic carbocycles. The van der Waals surface area contributed by atoms with Crippen molar-refractivity contribution in [3.8, 4) is 0 Å². The van der Waals surface area contributed by atoms with Gasteiger partial charge in [0.1, 0.15) is 0 Å². The number of carbonyl (C=O) groups is 1. The minimum Gasteiger partial charge on any atom is -0.339 e. The average Bonchev–Trinajstić information content (AvgIpc) is 2.62. The number of benzene rings is 1. The lowest BCUT2D eigenvalue weighted by Crippen LogP contribution is -2.36. The van der Waals surface area contributed by atoms with Crippen LogP contribution in [0.15, 0.2) is 23.1 Å². The number of rotatable bonds is 7. The van der Waals surface area contributed by atoms with Crippen molar-refractivity contribution in [3.63, 3.8) is 0 Å². The third-order valence-corrected chi connectivity index (χ3v) is 6.56. The minimum absolute atomic E-state index is 0.0723. The van der Waals surface area contributed by atoms with Crippen molar-refractivity contribution in [3.05, 3.63) is 29.3 Å². The number of piperidine rings is 1. The summed E-state index contributed by atoms with van der Waals surface area (Å²) in [4.78, 5) is 15.0. The quantitative estimate of drug-likeness (QED) is 0.743. The Bertz CT molecular complexity index is 689. The minimum atomic E-state index is -3.52. The number of aryl methyl sites for hydroxylation is 1. The Kier molecular flexibility index (Phi) is 7.02. The normalized spacial score (nSPS) is 16.0. The highest BCUT2D eigenvalue weighted by Gasteiger charge is 2.27. The van der Waals surface area contributed by atoms with Crippen molar-refractivity contribution < 1.29 is 13.2 Å². The van der Waals surface area contributed by atoms with Gasteiger partial charge in [-0.15, -0.1) is 0 Å². The molecule has 1 aliphatic rings. The smallest absolute Gasteiger partial charge is 0.254 e. The molecule has 1 saturated heterocycles. The Hall–Kier alpha value is -1.40. The molecule has 0 radical (unpaired) electrons. The summed E-state index contributed by atoms with van der Waals surface area (Å²) in [5.41, 5.74) is 1.32. The van der Waals surface area contributed by atoms with E-state index in [0.29, 0.717) is 31.7 Å². The molecule has 0 aliphatic carbocycles. The number of hydrogen-bond donors (Lipinski definition) is 0. The van der Waals surface area contributed by atoms with Crippen molar-refractivity contribution in [1.82, 2.24) is 9.21 Å². The topological polar surface area (TPSA) is 57.7 Å². The summed E-state index contributed by atoms with van der Waals surface area (Å²) in [5.74, 6) is -0.0723. The summed E-state index contributed by atoms with van der Waals surface area (Å²) < 4.78 is 27.3. The second-order valence-corrected chi connectivity index (χ2v) is 8.67. The van der Waals surface area contributed by atoms with Gasteiger partial charge in [-0.2, -0.15) is 4.31 Å². The van der Waals surface area contributed by atoms with E-state index in [0.717, 1.165) is 37.7 Å². The number of amides is 1. The molecular formula is C19H30N2O3S. The molecule has 0 N–H and O–H groups in total. The van der Waals surface area contributed by atoms with E-state index >= 15 is 0 Å². The molecule has 0 spiro atoms. The molecule has 1 aliphatic heterocycles. The van der Waals surface area contributed by atoms with E-state index in [1.165, 1.54) is 0 Å². The largest absolute Gasteiger partial charge is 0.339 e. The van der Waals surface area contributed by atoms with E-state index < -0.39 is 10.0 Å². The van der Waals surface area contributed by atoms with E-state index in [4.69, 9.17) is 0 Å². The number of carbonyl (C=O) groups excluding carboxylic acids is 1. The summed E-state index contributed by atoms with van der Waals surface area (Å²) in [6, 6.07) is 4.94. The molecule has 1 fully saturated rings. The molecule has 5 nitrogen and oxygen atoms in total. The SMILES string of the molecule is CCCN(CCC)C(=O)c1cc(S(=O)(=O)N2CCCCC2)ccc1C. The molecule has 25 heavy (non-hydrogen) atoms. The maximum Gasteiger partial charge on any atom is 0.254 e. The van der Waals surface area contributed by atoms with E-state index in [2.05, 4.69) is 0 Å². The van der Waals surface area contributed by atoms with E-state index in [1.807, 2.05) is 25.7 Å². The fourth-order valence-electron chi connectivity index (χ4n) is 3.27. The average molecular weight is 367 g/mol. The molecular weight excluding hydrogens is 336 g/mol. The molecule has 2 rings (SSSR count). The van der Waals surface area contributed by atoms with Gasteiger partial charge >= 0.3 is 0 Å². The lowest BCUT2D eigenvalue weighted by Gasteiger charge is -2.26. The van der Waals surface area contributed by atoms with Gasteiger partial charge in [0.25, 0.3) is 5.91 Å². The Morgan fingerprint density at radius 1 is 1.08 bits per heavy atom. The highest BCUT2D eigenvalue weighted by molar-refractivity contribution is 7.89. The molecule has 140 valence electrons. The van der Waals surface area contributed by atoms with Crippen LogP contribution in [0, 0.1) is 6.92 Å². The molecule has 0 aromatic heterocycles. The van der Waals surface area contributed by atoms with Crippen LogP contribution in [0.4, 0.5) is 0 Å². The van der Waals surface area contributed by atoms with Crippen LogP contribution in [0.2, 0.25) is 0 Å². The van der Waals surface area contributed by atoms with Gasteiger partial charge in [0.05, 0.1) is 4.90 Å². The molecule has 6 heteroatoms. The maximum absolute atomic E-state index is 12.9. The highest BCUT2D eigenvalue weighted by Crippen LogP contribution is 2.23. The molecule has 0 bridgehead atoms. The Morgan fingerprint density at radius 3 is 2.24 bits per heavy atom. The summed E-state index contributed by atoms with van der Waals surface area (Å²) >= 11 is 0. The van der Waals surface area contributed by atoms with E-state index in [1.54, 1.807) is 22.5 Å². The van der Waals surface area contributed by atoms with Crippen molar-refractivity contribution in [2.45, 2.75) is 57.8 Å². The zero-order valence-corrected chi connectivity index (χ0v) is 16.4. The number of hydrogen-bond acceptors (Lipinski definition) is 3. The molecule has 1 heterocycles. The predicted octanol–water partition coefficient (Wildman–Crippen LogP) is 3.43. The first kappa shape index (κ1) is 19.9. The fraction of sp³-hybridized carbons (Fsp3) is 0.632. The van der Waals surface area contributed by atoms with Crippen molar-refractivity contribution in [2.75, 3.05) is 26.2 Å². The zero-order chi connectivity index (χ0) is 18.4. The summed E-state index contributed by atoms with van der Waals surface area (Å²) in [6.45, 7) is 8.46. The van der Waals surface area contributed by atoms with Gasteiger partial charge < -0.3 is 4.90 Å². The fourth-order valence-corrected chi connectivity index (χ4v) is 4.82. The lowest BCUT2D eigenvalue weighted by molar-refractivity contribution is 0.0754. The van der Waals surface area contributed by atoms with Crippen LogP contribution >= 0.6 is 0 Å². The van der Waals surface area contributed by atoms with Gasteiger partial charge in [0.2, 0.25) is 10.0 Å². The number of sulfonamides is 1. The van der Waals surface area contributed by atoms with Gasteiger partial charge in [-0.25, -0.2) is 8.42 Å². The molecule has 0 atom stereocenters. The summed E-state index contributed by atoms with van der Waals surface area (Å²) in [7, 11) is -3.52. The Morgan fingerprint density at radius 2 is 1.68 bits per heavy atom. The second kappa shape index (κ2) is 8.81. The molecule has 0 unspecified atom stereocenters. The maximum atomic E-state index is 12.9. The predicted molar refractivity (Wildman–Crippen MR) is 100 cm³/mol. The monoisotopic (exact) mass is 366 g/mol. The van der Waals surface area contributed by atoms with Crippen LogP contribution < -0.4 is 0 Å². The van der Waals surface area contributed by atoms with Crippen LogP contribution in [0.1, 0.15) is 61.9 Å². The Labute approximate surface area is 152 Å². The van der Waals surface area contributed by atoms with Crippen LogP contribution in [-0.4, -0.2) is 49.7 Å². The van der Waals surface area contributed by atoms with Crippen LogP contribution in [0.5, 0.6) is 0 Å². The van der Waals surface area contributed by atoms with Gasteiger partial charge in [-0.05, 0) is 50.3 Å². The van der Waals surface area contributed by atoms with Crippen LogP contribution in [-0.2, 0) is 10.0 Å². The summed E-state index contributed by atoms with van der Waals surface area (Å²) in [5, 5.41) is 0. The highest BCUT2D eigenvalue weighted by atomic mass is 32.2.